The third kappa shape index (κ3) is 5.50. The van der Waals surface area contributed by atoms with Gasteiger partial charge in [0.25, 0.3) is 11.8 Å². The molecule has 0 radical (unpaired) electrons. The summed E-state index contributed by atoms with van der Waals surface area (Å²) in [5, 5.41) is 5.94. The van der Waals surface area contributed by atoms with Gasteiger partial charge in [0.15, 0.2) is 11.5 Å². The minimum Gasteiger partial charge on any atom is -0.493 e. The second-order valence-electron chi connectivity index (χ2n) is 7.14. The lowest BCUT2D eigenvalue weighted by Gasteiger charge is -2.22. The first-order valence-corrected chi connectivity index (χ1v) is 10.1. The van der Waals surface area contributed by atoms with E-state index in [1.54, 1.807) is 42.5 Å². The lowest BCUT2D eigenvalue weighted by molar-refractivity contribution is 0.0927. The molecular formula is C23H28N2O4. The van der Waals surface area contributed by atoms with E-state index < -0.39 is 0 Å². The first kappa shape index (κ1) is 20.7. The molecule has 1 aliphatic rings. The Morgan fingerprint density at radius 2 is 1.62 bits per heavy atom. The summed E-state index contributed by atoms with van der Waals surface area (Å²) in [4.78, 5) is 24.9. The van der Waals surface area contributed by atoms with E-state index in [1.807, 2.05) is 6.92 Å². The van der Waals surface area contributed by atoms with Crippen molar-refractivity contribution >= 4 is 17.5 Å². The van der Waals surface area contributed by atoms with E-state index in [-0.39, 0.29) is 17.9 Å². The molecule has 6 nitrogen and oxygen atoms in total. The van der Waals surface area contributed by atoms with Gasteiger partial charge in [-0.05, 0) is 62.2 Å². The summed E-state index contributed by atoms with van der Waals surface area (Å²) in [6.45, 7) is 2.40. The zero-order chi connectivity index (χ0) is 20.6. The SMILES string of the molecule is CCOc1ccc(C(=O)Nc2ccc(C(=O)NC3CCCCC3)cc2)cc1OC. The number of hydrogen-bond acceptors (Lipinski definition) is 4. The number of amides is 2. The maximum Gasteiger partial charge on any atom is 0.255 e. The average molecular weight is 396 g/mol. The number of anilines is 1. The van der Waals surface area contributed by atoms with Crippen molar-refractivity contribution in [2.24, 2.45) is 0 Å². The second kappa shape index (κ2) is 9.96. The normalized spacial score (nSPS) is 14.1. The van der Waals surface area contributed by atoms with Crippen molar-refractivity contribution in [3.05, 3.63) is 53.6 Å². The lowest BCUT2D eigenvalue weighted by Crippen LogP contribution is -2.36. The summed E-state index contributed by atoms with van der Waals surface area (Å²) < 4.78 is 10.8. The Bertz CT molecular complexity index is 842. The fourth-order valence-electron chi connectivity index (χ4n) is 3.51. The highest BCUT2D eigenvalue weighted by Gasteiger charge is 2.17. The second-order valence-corrected chi connectivity index (χ2v) is 7.14. The minimum atomic E-state index is -0.259. The summed E-state index contributed by atoms with van der Waals surface area (Å²) in [7, 11) is 1.54. The number of ether oxygens (including phenoxy) is 2. The van der Waals surface area contributed by atoms with Crippen LogP contribution in [0.2, 0.25) is 0 Å². The topological polar surface area (TPSA) is 76.7 Å². The van der Waals surface area contributed by atoms with Crippen molar-refractivity contribution in [3.63, 3.8) is 0 Å². The zero-order valence-electron chi connectivity index (χ0n) is 17.0. The van der Waals surface area contributed by atoms with E-state index in [0.29, 0.717) is 34.9 Å². The van der Waals surface area contributed by atoms with Gasteiger partial charge in [-0.3, -0.25) is 9.59 Å². The lowest BCUT2D eigenvalue weighted by atomic mass is 9.95. The van der Waals surface area contributed by atoms with Gasteiger partial charge in [-0.15, -0.1) is 0 Å². The van der Waals surface area contributed by atoms with Crippen LogP contribution in [0.5, 0.6) is 11.5 Å². The summed E-state index contributed by atoms with van der Waals surface area (Å²) in [5.74, 6) is 0.783. The summed E-state index contributed by atoms with van der Waals surface area (Å²) in [5.41, 5.74) is 1.68. The highest BCUT2D eigenvalue weighted by molar-refractivity contribution is 6.05. The van der Waals surface area contributed by atoms with Crippen LogP contribution in [0.1, 0.15) is 59.7 Å². The van der Waals surface area contributed by atoms with Crippen LogP contribution in [0.15, 0.2) is 42.5 Å². The minimum absolute atomic E-state index is 0.0639. The molecule has 1 saturated carbocycles. The van der Waals surface area contributed by atoms with Gasteiger partial charge in [0, 0.05) is 22.9 Å². The number of carbonyl (C=O) groups excluding carboxylic acids is 2. The van der Waals surface area contributed by atoms with Crippen molar-refractivity contribution < 1.29 is 19.1 Å². The monoisotopic (exact) mass is 396 g/mol. The zero-order valence-corrected chi connectivity index (χ0v) is 17.0. The quantitative estimate of drug-likeness (QED) is 0.727. The Morgan fingerprint density at radius 3 is 2.28 bits per heavy atom. The largest absolute Gasteiger partial charge is 0.493 e. The summed E-state index contributed by atoms with van der Waals surface area (Å²) in [6.07, 6.45) is 5.69. The van der Waals surface area contributed by atoms with Crippen LogP contribution >= 0.6 is 0 Å². The van der Waals surface area contributed by atoms with E-state index in [2.05, 4.69) is 10.6 Å². The smallest absolute Gasteiger partial charge is 0.255 e. The Hall–Kier alpha value is -3.02. The first-order valence-electron chi connectivity index (χ1n) is 10.1. The molecule has 6 heteroatoms. The van der Waals surface area contributed by atoms with Gasteiger partial charge in [-0.2, -0.15) is 0 Å². The Morgan fingerprint density at radius 1 is 0.931 bits per heavy atom. The van der Waals surface area contributed by atoms with Gasteiger partial charge < -0.3 is 20.1 Å². The molecule has 1 aliphatic carbocycles. The summed E-state index contributed by atoms with van der Waals surface area (Å²) in [6, 6.07) is 12.3. The van der Waals surface area contributed by atoms with E-state index in [0.717, 1.165) is 12.8 Å². The van der Waals surface area contributed by atoms with Gasteiger partial charge >= 0.3 is 0 Å². The summed E-state index contributed by atoms with van der Waals surface area (Å²) >= 11 is 0. The Labute approximate surface area is 171 Å². The van der Waals surface area contributed by atoms with Gasteiger partial charge in [-0.25, -0.2) is 0 Å². The fraction of sp³-hybridized carbons (Fsp3) is 0.391. The fourth-order valence-corrected chi connectivity index (χ4v) is 3.51. The van der Waals surface area contributed by atoms with Crippen molar-refractivity contribution in [2.45, 2.75) is 45.1 Å². The molecule has 0 aromatic heterocycles. The molecular weight excluding hydrogens is 368 g/mol. The van der Waals surface area contributed by atoms with Crippen LogP contribution in [0.25, 0.3) is 0 Å². The van der Waals surface area contributed by atoms with Crippen LogP contribution in [-0.2, 0) is 0 Å². The van der Waals surface area contributed by atoms with E-state index in [4.69, 9.17) is 9.47 Å². The molecule has 0 saturated heterocycles. The standard InChI is InChI=1S/C23H28N2O4/c1-3-29-20-14-11-17(15-21(20)28-2)23(27)25-19-12-9-16(10-13-19)22(26)24-18-7-5-4-6-8-18/h9-15,18H,3-8H2,1-2H3,(H,24,26)(H,25,27). The number of rotatable bonds is 7. The molecule has 0 bridgehead atoms. The number of benzene rings is 2. The number of nitrogens with one attached hydrogen (secondary N) is 2. The first-order chi connectivity index (χ1) is 14.1. The van der Waals surface area contributed by atoms with Crippen molar-refractivity contribution in [1.29, 1.82) is 0 Å². The van der Waals surface area contributed by atoms with E-state index in [1.165, 1.54) is 26.4 Å². The van der Waals surface area contributed by atoms with E-state index >= 15 is 0 Å². The molecule has 0 aliphatic heterocycles. The molecule has 1 fully saturated rings. The van der Waals surface area contributed by atoms with Gasteiger partial charge in [0.05, 0.1) is 13.7 Å². The number of hydrogen-bond donors (Lipinski definition) is 2. The van der Waals surface area contributed by atoms with Crippen LogP contribution < -0.4 is 20.1 Å². The van der Waals surface area contributed by atoms with Crippen LogP contribution in [0.3, 0.4) is 0 Å². The van der Waals surface area contributed by atoms with Crippen LogP contribution in [0, 0.1) is 0 Å². The highest BCUT2D eigenvalue weighted by Crippen LogP contribution is 2.28. The van der Waals surface area contributed by atoms with Gasteiger partial charge in [0.2, 0.25) is 0 Å². The number of methoxy groups -OCH3 is 1. The van der Waals surface area contributed by atoms with Gasteiger partial charge in [0.1, 0.15) is 0 Å². The van der Waals surface area contributed by atoms with Crippen molar-refractivity contribution in [2.75, 3.05) is 19.0 Å². The molecule has 0 atom stereocenters. The molecule has 0 spiro atoms. The molecule has 0 unspecified atom stereocenters. The predicted octanol–water partition coefficient (Wildman–Crippen LogP) is 4.41. The van der Waals surface area contributed by atoms with Crippen molar-refractivity contribution in [3.8, 4) is 11.5 Å². The van der Waals surface area contributed by atoms with Gasteiger partial charge in [-0.1, -0.05) is 19.3 Å². The highest BCUT2D eigenvalue weighted by atomic mass is 16.5. The van der Waals surface area contributed by atoms with E-state index in [9.17, 15) is 9.59 Å². The molecule has 2 N–H and O–H groups in total. The molecule has 2 aromatic carbocycles. The molecule has 154 valence electrons. The third-order valence-corrected chi connectivity index (χ3v) is 5.07. The Kier molecular flexibility index (Phi) is 7.11. The van der Waals surface area contributed by atoms with Crippen LogP contribution in [0.4, 0.5) is 5.69 Å². The molecule has 2 aromatic rings. The molecule has 29 heavy (non-hydrogen) atoms. The molecule has 3 rings (SSSR count). The molecule has 2 amide bonds. The number of carbonyl (C=O) groups is 2. The third-order valence-electron chi connectivity index (χ3n) is 5.07. The van der Waals surface area contributed by atoms with Crippen molar-refractivity contribution in [1.82, 2.24) is 5.32 Å². The Balaban J connectivity index is 1.61. The maximum atomic E-state index is 12.5. The predicted molar refractivity (Wildman–Crippen MR) is 113 cm³/mol. The molecule has 0 heterocycles. The maximum absolute atomic E-state index is 12.5. The van der Waals surface area contributed by atoms with Crippen LogP contribution in [-0.4, -0.2) is 31.6 Å². The average Bonchev–Trinajstić information content (AvgIpc) is 2.75.